The third-order valence-corrected chi connectivity index (χ3v) is 5.55. The fourth-order valence-corrected chi connectivity index (χ4v) is 3.97. The highest BCUT2D eigenvalue weighted by atomic mass is 32.2. The van der Waals surface area contributed by atoms with Crippen LogP contribution < -0.4 is 9.46 Å². The first-order valence-electron chi connectivity index (χ1n) is 7.54. The van der Waals surface area contributed by atoms with Crippen molar-refractivity contribution in [2.24, 2.45) is 0 Å². The van der Waals surface area contributed by atoms with Gasteiger partial charge in [0.25, 0.3) is 10.0 Å². The van der Waals surface area contributed by atoms with Crippen molar-refractivity contribution in [3.05, 3.63) is 58.9 Å². The van der Waals surface area contributed by atoms with E-state index >= 15 is 0 Å². The van der Waals surface area contributed by atoms with Crippen LogP contribution in [0.4, 0.5) is 18.9 Å². The first kappa shape index (κ1) is 19.2. The second-order valence-electron chi connectivity index (χ2n) is 5.46. The van der Waals surface area contributed by atoms with Crippen molar-refractivity contribution < 1.29 is 26.3 Å². The van der Waals surface area contributed by atoms with Crippen molar-refractivity contribution in [2.45, 2.75) is 18.2 Å². The first-order chi connectivity index (χ1) is 12.6. The Morgan fingerprint density at radius 1 is 1.11 bits per heavy atom. The highest BCUT2D eigenvalue weighted by Gasteiger charge is 2.31. The topological polar surface area (TPSA) is 68.3 Å². The molecule has 1 aromatic heterocycles. The number of aryl methyl sites for hydroxylation is 1. The number of anilines is 1. The van der Waals surface area contributed by atoms with Crippen LogP contribution in [-0.2, 0) is 10.0 Å². The van der Waals surface area contributed by atoms with Crippen LogP contribution in [0.25, 0.3) is 11.3 Å². The van der Waals surface area contributed by atoms with E-state index in [1.807, 2.05) is 12.3 Å². The van der Waals surface area contributed by atoms with Crippen molar-refractivity contribution in [1.82, 2.24) is 4.98 Å². The molecule has 0 aliphatic heterocycles. The molecule has 0 spiro atoms. The molecule has 0 amide bonds. The summed E-state index contributed by atoms with van der Waals surface area (Å²) in [5, 5.41) is 2.80. The lowest BCUT2D eigenvalue weighted by molar-refractivity contribution is -0.274. The molecule has 0 fully saturated rings. The second kappa shape index (κ2) is 7.20. The Hall–Kier alpha value is -2.59. The minimum Gasteiger partial charge on any atom is -0.406 e. The highest BCUT2D eigenvalue weighted by molar-refractivity contribution is 7.92. The summed E-state index contributed by atoms with van der Waals surface area (Å²) < 4.78 is 67.8. The zero-order valence-electron chi connectivity index (χ0n) is 13.8. The number of nitrogens with zero attached hydrogens (tertiary/aromatic N) is 1. The fraction of sp³-hybridized carbons (Fsp3) is 0.118. The SMILES string of the molecule is Cc1nc(-c2ccc(NS(=O)(=O)c3cccc(OC(F)(F)F)c3)cc2)cs1. The molecule has 27 heavy (non-hydrogen) atoms. The van der Waals surface area contributed by atoms with E-state index < -0.39 is 22.1 Å². The Bertz CT molecular complexity index is 1050. The van der Waals surface area contributed by atoms with Crippen molar-refractivity contribution in [1.29, 1.82) is 0 Å². The van der Waals surface area contributed by atoms with Gasteiger partial charge in [0.05, 0.1) is 15.6 Å². The van der Waals surface area contributed by atoms with E-state index in [0.29, 0.717) is 0 Å². The molecule has 1 N–H and O–H groups in total. The number of benzene rings is 2. The summed E-state index contributed by atoms with van der Waals surface area (Å²) in [5.41, 5.74) is 1.87. The molecule has 142 valence electrons. The molecule has 0 saturated carbocycles. The van der Waals surface area contributed by atoms with Gasteiger partial charge in [-0.3, -0.25) is 4.72 Å². The number of alkyl halides is 3. The second-order valence-corrected chi connectivity index (χ2v) is 8.20. The lowest BCUT2D eigenvalue weighted by Gasteiger charge is -2.12. The van der Waals surface area contributed by atoms with Gasteiger partial charge in [0.1, 0.15) is 5.75 Å². The lowest BCUT2D eigenvalue weighted by atomic mass is 10.1. The number of hydrogen-bond acceptors (Lipinski definition) is 5. The van der Waals surface area contributed by atoms with E-state index in [9.17, 15) is 21.6 Å². The van der Waals surface area contributed by atoms with Gasteiger partial charge >= 0.3 is 6.36 Å². The van der Waals surface area contributed by atoms with Gasteiger partial charge in [-0.15, -0.1) is 24.5 Å². The number of hydrogen-bond donors (Lipinski definition) is 1. The summed E-state index contributed by atoms with van der Waals surface area (Å²) in [7, 11) is -4.08. The van der Waals surface area contributed by atoms with Crippen LogP contribution >= 0.6 is 11.3 Å². The molecule has 3 rings (SSSR count). The quantitative estimate of drug-likeness (QED) is 0.650. The van der Waals surface area contributed by atoms with Gasteiger partial charge < -0.3 is 4.74 Å². The maximum absolute atomic E-state index is 12.4. The average molecular weight is 414 g/mol. The van der Waals surface area contributed by atoms with Crippen molar-refractivity contribution in [3.63, 3.8) is 0 Å². The summed E-state index contributed by atoms with van der Waals surface area (Å²) in [5.74, 6) is -0.611. The summed E-state index contributed by atoms with van der Waals surface area (Å²) in [6.45, 7) is 1.88. The summed E-state index contributed by atoms with van der Waals surface area (Å²) in [4.78, 5) is 4.00. The molecule has 10 heteroatoms. The van der Waals surface area contributed by atoms with Crippen LogP contribution in [0.1, 0.15) is 5.01 Å². The van der Waals surface area contributed by atoms with Crippen LogP contribution in [0.2, 0.25) is 0 Å². The molecular weight excluding hydrogens is 401 g/mol. The van der Waals surface area contributed by atoms with E-state index in [4.69, 9.17) is 0 Å². The highest BCUT2D eigenvalue weighted by Crippen LogP contribution is 2.27. The van der Waals surface area contributed by atoms with Crippen molar-refractivity contribution >= 4 is 27.0 Å². The van der Waals surface area contributed by atoms with Crippen molar-refractivity contribution in [3.8, 4) is 17.0 Å². The fourth-order valence-electron chi connectivity index (χ4n) is 2.26. The standard InChI is InChI=1S/C17H13F3N2O3S2/c1-11-21-16(10-26-11)12-5-7-13(8-6-12)22-27(23,24)15-4-2-3-14(9-15)25-17(18,19)20/h2-10,22H,1H3. The Labute approximate surface area is 157 Å². The molecule has 0 aliphatic carbocycles. The zero-order valence-corrected chi connectivity index (χ0v) is 15.5. The minimum absolute atomic E-state index is 0.271. The Morgan fingerprint density at radius 2 is 1.81 bits per heavy atom. The smallest absolute Gasteiger partial charge is 0.406 e. The molecule has 0 aliphatic rings. The van der Waals surface area contributed by atoms with Gasteiger partial charge in [0, 0.05) is 22.7 Å². The van der Waals surface area contributed by atoms with Gasteiger partial charge in [0.2, 0.25) is 0 Å². The van der Waals surface area contributed by atoms with Gasteiger partial charge in [-0.05, 0) is 31.2 Å². The number of halogens is 3. The maximum atomic E-state index is 12.4. The predicted octanol–water partition coefficient (Wildman–Crippen LogP) is 4.82. The summed E-state index contributed by atoms with van der Waals surface area (Å²) in [6, 6.07) is 10.7. The van der Waals surface area contributed by atoms with Gasteiger partial charge in [-0.2, -0.15) is 0 Å². The molecule has 3 aromatic rings. The minimum atomic E-state index is -4.90. The monoisotopic (exact) mass is 414 g/mol. The molecule has 5 nitrogen and oxygen atoms in total. The van der Waals surface area contributed by atoms with E-state index in [1.165, 1.54) is 23.5 Å². The first-order valence-corrected chi connectivity index (χ1v) is 9.90. The zero-order chi connectivity index (χ0) is 19.7. The number of rotatable bonds is 5. The molecule has 0 bridgehead atoms. The number of thiazole rings is 1. The van der Waals surface area contributed by atoms with Gasteiger partial charge in [0.15, 0.2) is 0 Å². The van der Waals surface area contributed by atoms with Crippen molar-refractivity contribution in [2.75, 3.05) is 4.72 Å². The Kier molecular flexibility index (Phi) is 5.11. The molecule has 2 aromatic carbocycles. The third-order valence-electron chi connectivity index (χ3n) is 3.40. The largest absolute Gasteiger partial charge is 0.573 e. The molecular formula is C17H13F3N2O3S2. The number of nitrogens with one attached hydrogen (secondary N) is 1. The number of sulfonamides is 1. The van der Waals surface area contributed by atoms with E-state index in [-0.39, 0.29) is 10.6 Å². The number of ether oxygens (including phenoxy) is 1. The third kappa shape index (κ3) is 4.98. The Balaban J connectivity index is 1.79. The maximum Gasteiger partial charge on any atom is 0.573 e. The van der Waals surface area contributed by atoms with Crippen LogP contribution in [0.15, 0.2) is 58.8 Å². The van der Waals surface area contributed by atoms with Crippen LogP contribution in [0.3, 0.4) is 0 Å². The van der Waals surface area contributed by atoms with E-state index in [1.54, 1.807) is 24.3 Å². The van der Waals surface area contributed by atoms with Crippen LogP contribution in [-0.4, -0.2) is 19.8 Å². The van der Waals surface area contributed by atoms with Crippen LogP contribution in [0, 0.1) is 6.92 Å². The average Bonchev–Trinajstić information content (AvgIpc) is 3.00. The van der Waals surface area contributed by atoms with E-state index in [0.717, 1.165) is 28.4 Å². The molecule has 1 heterocycles. The van der Waals surface area contributed by atoms with Gasteiger partial charge in [-0.25, -0.2) is 13.4 Å². The normalized spacial score (nSPS) is 12.0. The molecule has 0 saturated heterocycles. The van der Waals surface area contributed by atoms with Crippen LogP contribution in [0.5, 0.6) is 5.75 Å². The van der Waals surface area contributed by atoms with Gasteiger partial charge in [-0.1, -0.05) is 18.2 Å². The Morgan fingerprint density at radius 3 is 2.41 bits per heavy atom. The molecule has 0 radical (unpaired) electrons. The predicted molar refractivity (Wildman–Crippen MR) is 96.2 cm³/mol. The summed E-state index contributed by atoms with van der Waals surface area (Å²) in [6.07, 6.45) is -4.90. The number of aromatic nitrogens is 1. The summed E-state index contributed by atoms with van der Waals surface area (Å²) >= 11 is 1.50. The molecule has 0 atom stereocenters. The van der Waals surface area contributed by atoms with E-state index in [2.05, 4.69) is 14.4 Å². The molecule has 0 unspecified atom stereocenters. The lowest BCUT2D eigenvalue weighted by Crippen LogP contribution is -2.18.